The third kappa shape index (κ3) is 4.99. The van der Waals surface area contributed by atoms with Crippen LogP contribution in [0.1, 0.15) is 41.4 Å². The van der Waals surface area contributed by atoms with Gasteiger partial charge in [-0.3, -0.25) is 9.78 Å². The highest BCUT2D eigenvalue weighted by Crippen LogP contribution is 2.08. The van der Waals surface area contributed by atoms with Gasteiger partial charge in [-0.1, -0.05) is 37.6 Å². The monoisotopic (exact) mass is 283 g/mol. The van der Waals surface area contributed by atoms with E-state index in [1.807, 2.05) is 0 Å². The number of carbonyl (C=O) groups is 1. The molecule has 4 heteroatoms. The number of aryl methyl sites for hydroxylation is 1. The summed E-state index contributed by atoms with van der Waals surface area (Å²) in [6.45, 7) is 2.80. The van der Waals surface area contributed by atoms with Crippen LogP contribution in [0.3, 0.4) is 0 Å². The summed E-state index contributed by atoms with van der Waals surface area (Å²) in [7, 11) is 0. The average molecular weight is 283 g/mol. The Balaban J connectivity index is 1.77. The molecule has 1 heterocycles. The molecule has 0 unspecified atom stereocenters. The second-order valence-corrected chi connectivity index (χ2v) is 5.02. The van der Waals surface area contributed by atoms with E-state index in [1.165, 1.54) is 36.4 Å². The number of aromatic nitrogens is 2. The van der Waals surface area contributed by atoms with Crippen LogP contribution in [0.2, 0.25) is 0 Å². The number of amides is 1. The largest absolute Gasteiger partial charge is 0.350 e. The predicted molar refractivity (Wildman–Crippen MR) is 83.1 cm³/mol. The molecule has 1 aromatic carbocycles. The minimum Gasteiger partial charge on any atom is -0.350 e. The average Bonchev–Trinajstić information content (AvgIpc) is 2.55. The first-order chi connectivity index (χ1) is 10.3. The summed E-state index contributed by atoms with van der Waals surface area (Å²) in [5.41, 5.74) is 2.96. The lowest BCUT2D eigenvalue weighted by Crippen LogP contribution is -2.26. The maximum Gasteiger partial charge on any atom is 0.271 e. The van der Waals surface area contributed by atoms with E-state index in [4.69, 9.17) is 0 Å². The SMILES string of the molecule is CCCCc1ccc(CCNC(=O)c2cnccn2)cc1. The zero-order chi connectivity index (χ0) is 14.9. The van der Waals surface area contributed by atoms with Gasteiger partial charge in [-0.15, -0.1) is 0 Å². The highest BCUT2D eigenvalue weighted by molar-refractivity contribution is 5.91. The molecule has 110 valence electrons. The lowest BCUT2D eigenvalue weighted by molar-refractivity contribution is 0.0948. The zero-order valence-electron chi connectivity index (χ0n) is 12.4. The molecule has 0 aliphatic carbocycles. The first kappa shape index (κ1) is 15.2. The smallest absolute Gasteiger partial charge is 0.271 e. The van der Waals surface area contributed by atoms with Gasteiger partial charge < -0.3 is 5.32 Å². The van der Waals surface area contributed by atoms with Gasteiger partial charge >= 0.3 is 0 Å². The number of nitrogens with one attached hydrogen (secondary N) is 1. The maximum absolute atomic E-state index is 11.8. The zero-order valence-corrected chi connectivity index (χ0v) is 12.4. The Morgan fingerprint density at radius 1 is 1.10 bits per heavy atom. The highest BCUT2D eigenvalue weighted by Gasteiger charge is 2.05. The van der Waals surface area contributed by atoms with Crippen LogP contribution in [0, 0.1) is 0 Å². The Bertz CT molecular complexity index is 552. The molecule has 0 saturated carbocycles. The fourth-order valence-corrected chi connectivity index (χ4v) is 2.08. The minimum absolute atomic E-state index is 0.178. The second-order valence-electron chi connectivity index (χ2n) is 5.02. The Morgan fingerprint density at radius 2 is 1.81 bits per heavy atom. The van der Waals surface area contributed by atoms with Crippen molar-refractivity contribution in [3.63, 3.8) is 0 Å². The molecule has 0 radical (unpaired) electrons. The van der Waals surface area contributed by atoms with Gasteiger partial charge in [0.1, 0.15) is 5.69 Å². The van der Waals surface area contributed by atoms with E-state index in [0.717, 1.165) is 12.8 Å². The quantitative estimate of drug-likeness (QED) is 0.850. The predicted octanol–water partition coefficient (Wildman–Crippen LogP) is 2.79. The van der Waals surface area contributed by atoms with Crippen molar-refractivity contribution in [3.05, 3.63) is 59.7 Å². The van der Waals surface area contributed by atoms with Crippen molar-refractivity contribution >= 4 is 5.91 Å². The van der Waals surface area contributed by atoms with Crippen LogP contribution in [0.4, 0.5) is 0 Å². The van der Waals surface area contributed by atoms with E-state index in [-0.39, 0.29) is 5.91 Å². The van der Waals surface area contributed by atoms with Gasteiger partial charge in [0.25, 0.3) is 5.91 Å². The molecular weight excluding hydrogens is 262 g/mol. The maximum atomic E-state index is 11.8. The van der Waals surface area contributed by atoms with Gasteiger partial charge in [0.2, 0.25) is 0 Å². The first-order valence-electron chi connectivity index (χ1n) is 7.41. The first-order valence-corrected chi connectivity index (χ1v) is 7.41. The summed E-state index contributed by atoms with van der Waals surface area (Å²) >= 11 is 0. The summed E-state index contributed by atoms with van der Waals surface area (Å²) in [5, 5.41) is 2.85. The molecule has 2 aromatic rings. The molecular formula is C17H21N3O. The van der Waals surface area contributed by atoms with E-state index in [9.17, 15) is 4.79 Å². The lowest BCUT2D eigenvalue weighted by atomic mass is 10.0. The Morgan fingerprint density at radius 3 is 2.43 bits per heavy atom. The lowest BCUT2D eigenvalue weighted by Gasteiger charge is -2.06. The molecule has 0 aliphatic heterocycles. The molecule has 1 N–H and O–H groups in total. The summed E-state index contributed by atoms with van der Waals surface area (Å²) in [4.78, 5) is 19.6. The van der Waals surface area contributed by atoms with Gasteiger partial charge in [0, 0.05) is 18.9 Å². The molecule has 4 nitrogen and oxygen atoms in total. The molecule has 1 amide bonds. The summed E-state index contributed by atoms with van der Waals surface area (Å²) < 4.78 is 0. The molecule has 0 spiro atoms. The molecule has 0 saturated heterocycles. The van der Waals surface area contributed by atoms with Crippen LogP contribution in [0.25, 0.3) is 0 Å². The molecule has 0 atom stereocenters. The molecule has 0 aliphatic rings. The summed E-state index contributed by atoms with van der Waals surface area (Å²) in [6.07, 6.45) is 8.95. The fraction of sp³-hybridized carbons (Fsp3) is 0.353. The summed E-state index contributed by atoms with van der Waals surface area (Å²) in [6, 6.07) is 8.63. The van der Waals surface area contributed by atoms with Crippen LogP contribution in [0.15, 0.2) is 42.9 Å². The van der Waals surface area contributed by atoms with Crippen LogP contribution in [-0.2, 0) is 12.8 Å². The van der Waals surface area contributed by atoms with E-state index in [2.05, 4.69) is 46.5 Å². The second kappa shape index (κ2) is 8.15. The van der Waals surface area contributed by atoms with Crippen molar-refractivity contribution in [2.45, 2.75) is 32.6 Å². The van der Waals surface area contributed by atoms with Crippen molar-refractivity contribution in [2.24, 2.45) is 0 Å². The standard InChI is InChI=1S/C17H21N3O/c1-2-3-4-14-5-7-15(8-6-14)9-10-20-17(21)16-13-18-11-12-19-16/h5-8,11-13H,2-4,9-10H2,1H3,(H,20,21). The Labute approximate surface area is 125 Å². The van der Waals surface area contributed by atoms with Gasteiger partial charge in [-0.2, -0.15) is 0 Å². The van der Waals surface area contributed by atoms with Crippen LogP contribution < -0.4 is 5.32 Å². The van der Waals surface area contributed by atoms with Gasteiger partial charge in [0.05, 0.1) is 6.20 Å². The number of carbonyl (C=O) groups excluding carboxylic acids is 1. The molecule has 21 heavy (non-hydrogen) atoms. The van der Waals surface area contributed by atoms with E-state index in [0.29, 0.717) is 12.2 Å². The number of rotatable bonds is 7. The van der Waals surface area contributed by atoms with Gasteiger partial charge in [-0.05, 0) is 30.4 Å². The third-order valence-corrected chi connectivity index (χ3v) is 3.34. The number of nitrogens with zero attached hydrogens (tertiary/aromatic N) is 2. The molecule has 1 aromatic heterocycles. The summed E-state index contributed by atoms with van der Waals surface area (Å²) in [5.74, 6) is -0.178. The van der Waals surface area contributed by atoms with Gasteiger partial charge in [-0.25, -0.2) is 4.98 Å². The van der Waals surface area contributed by atoms with Gasteiger partial charge in [0.15, 0.2) is 0 Å². The van der Waals surface area contributed by atoms with Crippen molar-refractivity contribution in [1.29, 1.82) is 0 Å². The minimum atomic E-state index is -0.178. The Hall–Kier alpha value is -2.23. The number of unbranched alkanes of at least 4 members (excludes halogenated alkanes) is 1. The molecule has 0 bridgehead atoms. The van der Waals surface area contributed by atoms with Crippen molar-refractivity contribution in [1.82, 2.24) is 15.3 Å². The number of hydrogen-bond acceptors (Lipinski definition) is 3. The molecule has 0 fully saturated rings. The van der Waals surface area contributed by atoms with Crippen molar-refractivity contribution in [3.8, 4) is 0 Å². The van der Waals surface area contributed by atoms with E-state index < -0.39 is 0 Å². The van der Waals surface area contributed by atoms with Crippen molar-refractivity contribution in [2.75, 3.05) is 6.54 Å². The third-order valence-electron chi connectivity index (χ3n) is 3.34. The van der Waals surface area contributed by atoms with E-state index >= 15 is 0 Å². The topological polar surface area (TPSA) is 54.9 Å². The van der Waals surface area contributed by atoms with Crippen LogP contribution in [-0.4, -0.2) is 22.4 Å². The number of benzene rings is 1. The Kier molecular flexibility index (Phi) is 5.88. The van der Waals surface area contributed by atoms with Crippen molar-refractivity contribution < 1.29 is 4.79 Å². The van der Waals surface area contributed by atoms with Crippen LogP contribution >= 0.6 is 0 Å². The normalized spacial score (nSPS) is 10.3. The van der Waals surface area contributed by atoms with Crippen LogP contribution in [0.5, 0.6) is 0 Å². The van der Waals surface area contributed by atoms with E-state index in [1.54, 1.807) is 6.20 Å². The number of hydrogen-bond donors (Lipinski definition) is 1. The fourth-order valence-electron chi connectivity index (χ4n) is 2.08. The molecule has 2 rings (SSSR count). The highest BCUT2D eigenvalue weighted by atomic mass is 16.1.